The van der Waals surface area contributed by atoms with Crippen molar-refractivity contribution in [3.63, 3.8) is 0 Å². The molecule has 0 unspecified atom stereocenters. The van der Waals surface area contributed by atoms with Crippen molar-refractivity contribution in [1.82, 2.24) is 9.80 Å². The molecular weight excluding hydrogens is 430 g/mol. The second-order valence-electron chi connectivity index (χ2n) is 7.32. The van der Waals surface area contributed by atoms with E-state index in [-0.39, 0.29) is 18.3 Å². The number of sulfonamides is 1. The molecule has 30 heavy (non-hydrogen) atoms. The van der Waals surface area contributed by atoms with Crippen molar-refractivity contribution >= 4 is 33.2 Å². The van der Waals surface area contributed by atoms with Gasteiger partial charge >= 0.3 is 0 Å². The zero-order valence-electron chi connectivity index (χ0n) is 16.4. The maximum absolute atomic E-state index is 12.9. The molecule has 1 saturated heterocycles. The molecule has 0 spiro atoms. The normalized spacial score (nSPS) is 16.5. The van der Waals surface area contributed by atoms with Gasteiger partial charge in [0, 0.05) is 38.4 Å². The molecular formula is C20H22ClN3O5S. The number of anilines is 1. The van der Waals surface area contributed by atoms with Crippen LogP contribution in [-0.2, 0) is 16.6 Å². The van der Waals surface area contributed by atoms with Crippen LogP contribution in [0.5, 0.6) is 11.5 Å². The van der Waals surface area contributed by atoms with E-state index >= 15 is 0 Å². The highest BCUT2D eigenvalue weighted by molar-refractivity contribution is 7.92. The first-order chi connectivity index (χ1) is 14.3. The smallest absolute Gasteiger partial charge is 0.255 e. The van der Waals surface area contributed by atoms with E-state index in [0.29, 0.717) is 23.8 Å². The highest BCUT2D eigenvalue weighted by Gasteiger charge is 2.24. The van der Waals surface area contributed by atoms with Gasteiger partial charge in [0.25, 0.3) is 5.91 Å². The molecule has 160 valence electrons. The SMILES string of the molecule is CS(=O)(=O)Nc1ccc(Cl)c(C(=O)N2CCN(Cc3ccc4c(c3)OCO4)CC2)c1. The van der Waals surface area contributed by atoms with E-state index in [1.807, 2.05) is 18.2 Å². The first-order valence-electron chi connectivity index (χ1n) is 9.46. The molecule has 0 atom stereocenters. The fourth-order valence-electron chi connectivity index (χ4n) is 3.54. The molecule has 2 heterocycles. The van der Waals surface area contributed by atoms with Crippen LogP contribution in [0.2, 0.25) is 5.02 Å². The van der Waals surface area contributed by atoms with Crippen LogP contribution in [0.4, 0.5) is 5.69 Å². The van der Waals surface area contributed by atoms with Gasteiger partial charge in [0.15, 0.2) is 11.5 Å². The molecule has 2 aliphatic heterocycles. The van der Waals surface area contributed by atoms with Crippen molar-refractivity contribution < 1.29 is 22.7 Å². The number of nitrogens with one attached hydrogen (secondary N) is 1. The van der Waals surface area contributed by atoms with Crippen molar-refractivity contribution in [3.8, 4) is 11.5 Å². The van der Waals surface area contributed by atoms with Gasteiger partial charge in [-0.15, -0.1) is 0 Å². The number of piperazine rings is 1. The summed E-state index contributed by atoms with van der Waals surface area (Å²) in [5.74, 6) is 1.32. The first-order valence-corrected chi connectivity index (χ1v) is 11.7. The van der Waals surface area contributed by atoms with Crippen molar-refractivity contribution in [3.05, 3.63) is 52.5 Å². The van der Waals surface area contributed by atoms with Crippen molar-refractivity contribution in [2.45, 2.75) is 6.54 Å². The molecule has 0 radical (unpaired) electrons. The fourth-order valence-corrected chi connectivity index (χ4v) is 4.30. The van der Waals surface area contributed by atoms with Crippen molar-refractivity contribution in [2.24, 2.45) is 0 Å². The Morgan fingerprint density at radius 2 is 1.80 bits per heavy atom. The van der Waals surface area contributed by atoms with Gasteiger partial charge in [-0.2, -0.15) is 0 Å². The van der Waals surface area contributed by atoms with Gasteiger partial charge < -0.3 is 14.4 Å². The number of carbonyl (C=O) groups is 1. The Bertz CT molecular complexity index is 1070. The van der Waals surface area contributed by atoms with E-state index in [9.17, 15) is 13.2 Å². The zero-order valence-corrected chi connectivity index (χ0v) is 18.0. The number of benzene rings is 2. The number of ether oxygens (including phenoxy) is 2. The largest absolute Gasteiger partial charge is 0.454 e. The minimum atomic E-state index is -3.44. The first kappa shape index (κ1) is 20.8. The third-order valence-electron chi connectivity index (χ3n) is 5.00. The maximum Gasteiger partial charge on any atom is 0.255 e. The standard InChI is InChI=1S/C20H22ClN3O5S/c1-30(26,27)22-15-3-4-17(21)16(11-15)20(25)24-8-6-23(7-9-24)12-14-2-5-18-19(10-14)29-13-28-18/h2-5,10-11,22H,6-9,12-13H2,1H3. The summed E-state index contributed by atoms with van der Waals surface area (Å²) in [6.45, 7) is 3.57. The summed E-state index contributed by atoms with van der Waals surface area (Å²) in [5, 5.41) is 0.293. The Morgan fingerprint density at radius 1 is 1.07 bits per heavy atom. The minimum Gasteiger partial charge on any atom is -0.454 e. The third kappa shape index (κ3) is 4.80. The lowest BCUT2D eigenvalue weighted by Gasteiger charge is -2.35. The molecule has 2 aromatic carbocycles. The van der Waals surface area contributed by atoms with Crippen LogP contribution >= 0.6 is 11.6 Å². The maximum atomic E-state index is 12.9. The Morgan fingerprint density at radius 3 is 2.53 bits per heavy atom. The molecule has 4 rings (SSSR count). The van der Waals surface area contributed by atoms with Crippen LogP contribution in [0.15, 0.2) is 36.4 Å². The van der Waals surface area contributed by atoms with E-state index in [0.717, 1.165) is 43.0 Å². The van der Waals surface area contributed by atoms with Crippen LogP contribution < -0.4 is 14.2 Å². The zero-order chi connectivity index (χ0) is 21.3. The molecule has 0 aliphatic carbocycles. The molecule has 1 N–H and O–H groups in total. The molecule has 0 aromatic heterocycles. The van der Waals surface area contributed by atoms with E-state index in [1.165, 1.54) is 18.2 Å². The van der Waals surface area contributed by atoms with Crippen LogP contribution in [0.25, 0.3) is 0 Å². The van der Waals surface area contributed by atoms with E-state index in [2.05, 4.69) is 9.62 Å². The molecule has 10 heteroatoms. The van der Waals surface area contributed by atoms with Crippen LogP contribution in [-0.4, -0.2) is 63.4 Å². The molecule has 0 bridgehead atoms. The Kier molecular flexibility index (Phi) is 5.77. The summed E-state index contributed by atoms with van der Waals surface area (Å²) in [6, 6.07) is 10.5. The summed E-state index contributed by atoms with van der Waals surface area (Å²) in [7, 11) is -3.44. The van der Waals surface area contributed by atoms with Crippen LogP contribution in [0.1, 0.15) is 15.9 Å². The number of nitrogens with zero attached hydrogens (tertiary/aromatic N) is 2. The van der Waals surface area contributed by atoms with E-state index < -0.39 is 10.0 Å². The van der Waals surface area contributed by atoms with Gasteiger partial charge in [-0.25, -0.2) is 8.42 Å². The van der Waals surface area contributed by atoms with Crippen molar-refractivity contribution in [2.75, 3.05) is 43.9 Å². The highest BCUT2D eigenvalue weighted by Crippen LogP contribution is 2.33. The van der Waals surface area contributed by atoms with Gasteiger partial charge in [0.1, 0.15) is 0 Å². The Balaban J connectivity index is 1.38. The third-order valence-corrected chi connectivity index (χ3v) is 5.94. The van der Waals surface area contributed by atoms with Gasteiger partial charge in [-0.05, 0) is 35.9 Å². The number of hydrogen-bond acceptors (Lipinski definition) is 6. The van der Waals surface area contributed by atoms with Gasteiger partial charge in [0.05, 0.1) is 16.8 Å². The van der Waals surface area contributed by atoms with Crippen LogP contribution in [0.3, 0.4) is 0 Å². The second-order valence-corrected chi connectivity index (χ2v) is 9.48. The molecule has 2 aromatic rings. The summed E-state index contributed by atoms with van der Waals surface area (Å²) < 4.78 is 36.1. The highest BCUT2D eigenvalue weighted by atomic mass is 35.5. The molecule has 8 nitrogen and oxygen atoms in total. The second kappa shape index (κ2) is 8.33. The van der Waals surface area contributed by atoms with Gasteiger partial charge in [-0.3, -0.25) is 14.4 Å². The number of hydrogen-bond donors (Lipinski definition) is 1. The topological polar surface area (TPSA) is 88.2 Å². The molecule has 1 fully saturated rings. The number of amides is 1. The summed E-state index contributed by atoms with van der Waals surface area (Å²) in [4.78, 5) is 17.0. The molecule has 0 saturated carbocycles. The number of halogens is 1. The average molecular weight is 452 g/mol. The van der Waals surface area contributed by atoms with E-state index in [1.54, 1.807) is 4.90 Å². The lowest BCUT2D eigenvalue weighted by molar-refractivity contribution is 0.0628. The summed E-state index contributed by atoms with van der Waals surface area (Å²) >= 11 is 6.21. The lowest BCUT2D eigenvalue weighted by Crippen LogP contribution is -2.48. The number of rotatable bonds is 5. The number of carbonyl (C=O) groups excluding carboxylic acids is 1. The summed E-state index contributed by atoms with van der Waals surface area (Å²) in [5.41, 5.74) is 1.72. The minimum absolute atomic E-state index is 0.208. The van der Waals surface area contributed by atoms with Gasteiger partial charge in [0.2, 0.25) is 16.8 Å². The van der Waals surface area contributed by atoms with Crippen LogP contribution in [0, 0.1) is 0 Å². The predicted octanol–water partition coefficient (Wildman–Crippen LogP) is 2.40. The Labute approximate surface area is 180 Å². The molecule has 1 amide bonds. The van der Waals surface area contributed by atoms with Crippen molar-refractivity contribution in [1.29, 1.82) is 0 Å². The predicted molar refractivity (Wildman–Crippen MR) is 114 cm³/mol. The fraction of sp³-hybridized carbons (Fsp3) is 0.350. The monoisotopic (exact) mass is 451 g/mol. The average Bonchev–Trinajstić information content (AvgIpc) is 3.16. The molecule has 2 aliphatic rings. The Hall–Kier alpha value is -2.49. The number of fused-ring (bicyclic) bond motifs is 1. The summed E-state index contributed by atoms with van der Waals surface area (Å²) in [6.07, 6.45) is 1.06. The van der Waals surface area contributed by atoms with E-state index in [4.69, 9.17) is 21.1 Å². The lowest BCUT2D eigenvalue weighted by atomic mass is 10.1. The van der Waals surface area contributed by atoms with Gasteiger partial charge in [-0.1, -0.05) is 17.7 Å². The quantitative estimate of drug-likeness (QED) is 0.751.